The Morgan fingerprint density at radius 2 is 1.95 bits per heavy atom. The van der Waals surface area contributed by atoms with Gasteiger partial charge in [-0.3, -0.25) is 9.89 Å². The van der Waals surface area contributed by atoms with Crippen LogP contribution in [0.5, 0.6) is 0 Å². The molecule has 0 unspecified atom stereocenters. The third kappa shape index (κ3) is 2.24. The number of aromatic nitrogens is 4. The van der Waals surface area contributed by atoms with E-state index in [1.807, 2.05) is 45.9 Å². The first kappa shape index (κ1) is 13.5. The predicted octanol–water partition coefficient (Wildman–Crippen LogP) is 3.05. The number of hydrogen-bond acceptors (Lipinski definition) is 3. The number of nitrogens with zero attached hydrogens (tertiary/aromatic N) is 2. The molecule has 0 aliphatic carbocycles. The van der Waals surface area contributed by atoms with Crippen molar-refractivity contribution in [3.63, 3.8) is 0 Å². The van der Waals surface area contributed by atoms with Crippen LogP contribution in [0.3, 0.4) is 0 Å². The van der Waals surface area contributed by atoms with Gasteiger partial charge in [0.1, 0.15) is 5.82 Å². The Morgan fingerprint density at radius 3 is 2.57 bits per heavy atom. The van der Waals surface area contributed by atoms with E-state index in [0.29, 0.717) is 5.39 Å². The number of aryl methyl sites for hydroxylation is 2. The van der Waals surface area contributed by atoms with E-state index in [1.54, 1.807) is 0 Å². The van der Waals surface area contributed by atoms with Gasteiger partial charge in [-0.2, -0.15) is 5.10 Å². The Labute approximate surface area is 122 Å². The van der Waals surface area contributed by atoms with Gasteiger partial charge < -0.3 is 4.98 Å². The Bertz CT molecular complexity index is 854. The fourth-order valence-corrected chi connectivity index (χ4v) is 2.56. The van der Waals surface area contributed by atoms with Crippen molar-refractivity contribution in [2.45, 2.75) is 33.6 Å². The third-order valence-electron chi connectivity index (χ3n) is 3.69. The minimum Gasteiger partial charge on any atom is -0.310 e. The van der Waals surface area contributed by atoms with Crippen LogP contribution in [-0.4, -0.2) is 20.2 Å². The summed E-state index contributed by atoms with van der Waals surface area (Å²) in [5.74, 6) is 0.913. The second kappa shape index (κ2) is 4.84. The topological polar surface area (TPSA) is 74.4 Å². The van der Waals surface area contributed by atoms with Crippen LogP contribution in [0.1, 0.15) is 37.0 Å². The molecule has 0 fully saturated rings. The molecule has 3 aromatic rings. The van der Waals surface area contributed by atoms with Gasteiger partial charge in [0, 0.05) is 17.2 Å². The van der Waals surface area contributed by atoms with Gasteiger partial charge in [-0.25, -0.2) is 4.98 Å². The molecule has 0 radical (unpaired) electrons. The van der Waals surface area contributed by atoms with Crippen LogP contribution >= 0.6 is 0 Å². The zero-order valence-electron chi connectivity index (χ0n) is 12.6. The highest BCUT2D eigenvalue weighted by molar-refractivity contribution is 5.84. The van der Waals surface area contributed by atoms with E-state index in [-0.39, 0.29) is 11.5 Å². The van der Waals surface area contributed by atoms with Crippen molar-refractivity contribution in [2.24, 2.45) is 0 Å². The molecule has 5 nitrogen and oxygen atoms in total. The second-order valence-corrected chi connectivity index (χ2v) is 5.65. The maximum atomic E-state index is 12.3. The summed E-state index contributed by atoms with van der Waals surface area (Å²) in [5.41, 5.74) is 4.58. The Kier molecular flexibility index (Phi) is 3.12. The lowest BCUT2D eigenvalue weighted by molar-refractivity contribution is 0.776. The first-order valence-corrected chi connectivity index (χ1v) is 7.03. The van der Waals surface area contributed by atoms with Gasteiger partial charge in [-0.1, -0.05) is 19.9 Å². The molecular formula is C16H18N4O. The highest BCUT2D eigenvalue weighted by atomic mass is 16.1. The molecule has 3 rings (SSSR count). The smallest absolute Gasteiger partial charge is 0.258 e. The van der Waals surface area contributed by atoms with Crippen LogP contribution in [0.4, 0.5) is 0 Å². The summed E-state index contributed by atoms with van der Waals surface area (Å²) in [7, 11) is 0. The fraction of sp³-hybridized carbons (Fsp3) is 0.312. The second-order valence-electron chi connectivity index (χ2n) is 5.65. The number of benzene rings is 1. The number of fused-ring (bicyclic) bond motifs is 1. The first-order chi connectivity index (χ1) is 9.97. The molecule has 0 spiro atoms. The van der Waals surface area contributed by atoms with Crippen molar-refractivity contribution in [1.29, 1.82) is 0 Å². The summed E-state index contributed by atoms with van der Waals surface area (Å²) in [6, 6.07) is 5.78. The van der Waals surface area contributed by atoms with Crippen molar-refractivity contribution in [3.8, 4) is 11.1 Å². The molecule has 0 saturated heterocycles. The van der Waals surface area contributed by atoms with Crippen molar-refractivity contribution >= 4 is 10.9 Å². The van der Waals surface area contributed by atoms with Crippen molar-refractivity contribution in [3.05, 3.63) is 45.8 Å². The van der Waals surface area contributed by atoms with Crippen LogP contribution in [-0.2, 0) is 0 Å². The first-order valence-electron chi connectivity index (χ1n) is 7.03. The molecule has 0 atom stereocenters. The van der Waals surface area contributed by atoms with E-state index in [1.165, 1.54) is 0 Å². The molecule has 0 saturated carbocycles. The largest absolute Gasteiger partial charge is 0.310 e. The van der Waals surface area contributed by atoms with E-state index in [2.05, 4.69) is 20.2 Å². The molecule has 21 heavy (non-hydrogen) atoms. The highest BCUT2D eigenvalue weighted by Gasteiger charge is 2.12. The van der Waals surface area contributed by atoms with E-state index in [0.717, 1.165) is 33.9 Å². The molecule has 5 heteroatoms. The minimum atomic E-state index is -0.0932. The zero-order chi connectivity index (χ0) is 15.1. The monoisotopic (exact) mass is 282 g/mol. The van der Waals surface area contributed by atoms with Crippen LogP contribution in [0, 0.1) is 13.8 Å². The number of H-pyrrole nitrogens is 2. The van der Waals surface area contributed by atoms with Crippen LogP contribution in [0.2, 0.25) is 0 Å². The standard InChI is InChI=1S/C16H18N4O/c1-8(2)15-17-13-6-5-11(7-12(13)16(21)18-15)14-9(3)19-20-10(14)4/h5-8H,1-4H3,(H,19,20)(H,17,18,21). The molecule has 2 aromatic heterocycles. The average molecular weight is 282 g/mol. The molecule has 0 aliphatic rings. The summed E-state index contributed by atoms with van der Waals surface area (Å²) >= 11 is 0. The van der Waals surface area contributed by atoms with Gasteiger partial charge in [-0.15, -0.1) is 0 Å². The van der Waals surface area contributed by atoms with Gasteiger partial charge in [0.25, 0.3) is 5.56 Å². The third-order valence-corrected chi connectivity index (χ3v) is 3.69. The fourth-order valence-electron chi connectivity index (χ4n) is 2.56. The number of rotatable bonds is 2. The highest BCUT2D eigenvalue weighted by Crippen LogP contribution is 2.27. The van der Waals surface area contributed by atoms with Crippen LogP contribution in [0.15, 0.2) is 23.0 Å². The van der Waals surface area contributed by atoms with Crippen LogP contribution < -0.4 is 5.56 Å². The van der Waals surface area contributed by atoms with Gasteiger partial charge in [0.05, 0.1) is 16.6 Å². The summed E-state index contributed by atoms with van der Waals surface area (Å²) in [6.45, 7) is 7.95. The number of hydrogen-bond donors (Lipinski definition) is 2. The molecule has 2 heterocycles. The molecule has 0 amide bonds. The van der Waals surface area contributed by atoms with E-state index < -0.39 is 0 Å². The molecule has 1 aromatic carbocycles. The molecule has 108 valence electrons. The number of nitrogens with one attached hydrogen (secondary N) is 2. The summed E-state index contributed by atoms with van der Waals surface area (Å²) in [6.07, 6.45) is 0. The van der Waals surface area contributed by atoms with Gasteiger partial charge in [0.15, 0.2) is 0 Å². The summed E-state index contributed by atoms with van der Waals surface area (Å²) in [4.78, 5) is 19.7. The van der Waals surface area contributed by atoms with Gasteiger partial charge in [-0.05, 0) is 31.5 Å². The van der Waals surface area contributed by atoms with E-state index >= 15 is 0 Å². The van der Waals surface area contributed by atoms with Crippen molar-refractivity contribution < 1.29 is 0 Å². The maximum absolute atomic E-state index is 12.3. The lowest BCUT2D eigenvalue weighted by atomic mass is 10.0. The molecular weight excluding hydrogens is 264 g/mol. The predicted molar refractivity (Wildman–Crippen MR) is 83.5 cm³/mol. The Morgan fingerprint density at radius 1 is 1.19 bits per heavy atom. The average Bonchev–Trinajstić information content (AvgIpc) is 2.78. The maximum Gasteiger partial charge on any atom is 0.258 e. The Balaban J connectivity index is 2.24. The van der Waals surface area contributed by atoms with Crippen LogP contribution in [0.25, 0.3) is 22.0 Å². The normalized spacial score (nSPS) is 11.5. The quantitative estimate of drug-likeness (QED) is 0.758. The lowest BCUT2D eigenvalue weighted by Crippen LogP contribution is -2.12. The molecule has 0 aliphatic heterocycles. The lowest BCUT2D eigenvalue weighted by Gasteiger charge is -2.07. The van der Waals surface area contributed by atoms with E-state index in [9.17, 15) is 4.79 Å². The van der Waals surface area contributed by atoms with E-state index in [4.69, 9.17) is 0 Å². The molecule has 2 N–H and O–H groups in total. The van der Waals surface area contributed by atoms with Crippen molar-refractivity contribution in [2.75, 3.05) is 0 Å². The summed E-state index contributed by atoms with van der Waals surface area (Å²) in [5, 5.41) is 7.78. The zero-order valence-corrected chi connectivity index (χ0v) is 12.6. The summed E-state index contributed by atoms with van der Waals surface area (Å²) < 4.78 is 0. The van der Waals surface area contributed by atoms with Gasteiger partial charge in [0.2, 0.25) is 0 Å². The Hall–Kier alpha value is -2.43. The SMILES string of the molecule is Cc1n[nH]c(C)c1-c1ccc2nc(C(C)C)[nH]c(=O)c2c1. The number of aromatic amines is 2. The minimum absolute atomic E-state index is 0.0932. The van der Waals surface area contributed by atoms with Gasteiger partial charge >= 0.3 is 0 Å². The molecule has 0 bridgehead atoms. The van der Waals surface area contributed by atoms with Crippen molar-refractivity contribution in [1.82, 2.24) is 20.2 Å².